The molecule has 0 aromatic heterocycles. The maximum absolute atomic E-state index is 13.2. The van der Waals surface area contributed by atoms with Crippen LogP contribution in [0.5, 0.6) is 0 Å². The highest BCUT2D eigenvalue weighted by Crippen LogP contribution is 2.53. The van der Waals surface area contributed by atoms with E-state index in [2.05, 4.69) is 39.2 Å². The van der Waals surface area contributed by atoms with E-state index in [0.29, 0.717) is 11.3 Å². The number of likely N-dealkylation sites (tertiary alicyclic amines) is 1. The Labute approximate surface area is 105 Å². The largest absolute Gasteiger partial charge is 0.374 e. The van der Waals surface area contributed by atoms with Gasteiger partial charge in [0.05, 0.1) is 6.67 Å². The molecule has 2 fully saturated rings. The molecule has 1 saturated carbocycles. The van der Waals surface area contributed by atoms with Gasteiger partial charge in [-0.05, 0) is 24.2 Å². The van der Waals surface area contributed by atoms with Gasteiger partial charge < -0.3 is 4.90 Å². The van der Waals surface area contributed by atoms with Gasteiger partial charge in [0.2, 0.25) is 0 Å². The Balaban J connectivity index is 2.07. The lowest BCUT2D eigenvalue weighted by atomic mass is 9.75. The van der Waals surface area contributed by atoms with E-state index in [1.165, 1.54) is 18.5 Å². The standard InChI is InChI=1S/C15H26FN/c1-11(15(5)6-7-15)17-9-12(8-16)13(10-17)14(2,3)4/h12-13H,1,6-10H2,2-5H3. The molecule has 0 aromatic carbocycles. The first-order valence-electron chi connectivity index (χ1n) is 6.78. The number of nitrogens with zero attached hydrogens (tertiary/aromatic N) is 1. The lowest BCUT2D eigenvalue weighted by Crippen LogP contribution is -2.29. The maximum Gasteiger partial charge on any atom is 0.0943 e. The van der Waals surface area contributed by atoms with Crippen molar-refractivity contribution in [2.24, 2.45) is 22.7 Å². The van der Waals surface area contributed by atoms with Crippen molar-refractivity contribution in [3.8, 4) is 0 Å². The van der Waals surface area contributed by atoms with Gasteiger partial charge in [0, 0.05) is 30.1 Å². The molecule has 0 bridgehead atoms. The Bertz CT molecular complexity index is 311. The Morgan fingerprint density at radius 1 is 1.35 bits per heavy atom. The van der Waals surface area contributed by atoms with Crippen LogP contribution in [0.3, 0.4) is 0 Å². The minimum absolute atomic E-state index is 0.189. The van der Waals surface area contributed by atoms with Crippen LogP contribution in [-0.4, -0.2) is 24.7 Å². The summed E-state index contributed by atoms with van der Waals surface area (Å²) in [6.45, 7) is 14.9. The van der Waals surface area contributed by atoms with E-state index in [1.807, 2.05) is 0 Å². The van der Waals surface area contributed by atoms with Crippen molar-refractivity contribution in [2.45, 2.75) is 40.5 Å². The van der Waals surface area contributed by atoms with E-state index in [4.69, 9.17) is 0 Å². The van der Waals surface area contributed by atoms with Crippen LogP contribution in [0.25, 0.3) is 0 Å². The van der Waals surface area contributed by atoms with Crippen LogP contribution in [0.4, 0.5) is 4.39 Å². The van der Waals surface area contributed by atoms with Crippen LogP contribution < -0.4 is 0 Å². The number of hydrogen-bond acceptors (Lipinski definition) is 1. The Morgan fingerprint density at radius 3 is 2.29 bits per heavy atom. The molecule has 2 heteroatoms. The van der Waals surface area contributed by atoms with Gasteiger partial charge in [-0.2, -0.15) is 0 Å². The summed E-state index contributed by atoms with van der Waals surface area (Å²) in [7, 11) is 0. The van der Waals surface area contributed by atoms with Crippen LogP contribution in [0, 0.1) is 22.7 Å². The second-order valence-electron chi connectivity index (χ2n) is 7.30. The molecule has 98 valence electrons. The van der Waals surface area contributed by atoms with Gasteiger partial charge in [-0.25, -0.2) is 0 Å². The molecule has 0 spiro atoms. The molecule has 0 aromatic rings. The highest BCUT2D eigenvalue weighted by molar-refractivity contribution is 5.17. The number of alkyl halides is 1. The zero-order valence-electron chi connectivity index (χ0n) is 11.7. The van der Waals surface area contributed by atoms with Gasteiger partial charge >= 0.3 is 0 Å². The Kier molecular flexibility index (Phi) is 3.04. The van der Waals surface area contributed by atoms with E-state index < -0.39 is 0 Å². The van der Waals surface area contributed by atoms with Crippen LogP contribution in [0.1, 0.15) is 40.5 Å². The van der Waals surface area contributed by atoms with Crippen LogP contribution >= 0.6 is 0 Å². The van der Waals surface area contributed by atoms with Crippen molar-refractivity contribution in [2.75, 3.05) is 19.8 Å². The minimum atomic E-state index is -0.192. The number of rotatable bonds is 3. The third-order valence-electron chi connectivity index (χ3n) is 4.83. The molecule has 1 saturated heterocycles. The first kappa shape index (κ1) is 12.9. The molecule has 1 aliphatic heterocycles. The van der Waals surface area contributed by atoms with Gasteiger partial charge in [-0.3, -0.25) is 4.39 Å². The molecule has 2 atom stereocenters. The van der Waals surface area contributed by atoms with Crippen molar-refractivity contribution < 1.29 is 4.39 Å². The van der Waals surface area contributed by atoms with Gasteiger partial charge in [0.25, 0.3) is 0 Å². The molecule has 1 heterocycles. The van der Waals surface area contributed by atoms with Crippen molar-refractivity contribution in [3.05, 3.63) is 12.3 Å². The molecule has 1 nitrogen and oxygen atoms in total. The molecule has 1 aliphatic carbocycles. The van der Waals surface area contributed by atoms with E-state index in [0.717, 1.165) is 13.1 Å². The second-order valence-corrected chi connectivity index (χ2v) is 7.30. The normalized spacial score (nSPS) is 31.7. The molecular weight excluding hydrogens is 213 g/mol. The van der Waals surface area contributed by atoms with Gasteiger partial charge in [-0.15, -0.1) is 0 Å². The quantitative estimate of drug-likeness (QED) is 0.723. The number of halogens is 1. The molecule has 2 rings (SSSR count). The van der Waals surface area contributed by atoms with Crippen molar-refractivity contribution in [3.63, 3.8) is 0 Å². The summed E-state index contributed by atoms with van der Waals surface area (Å²) < 4.78 is 13.2. The highest BCUT2D eigenvalue weighted by atomic mass is 19.1. The van der Waals surface area contributed by atoms with Crippen LogP contribution in [0.2, 0.25) is 0 Å². The average Bonchev–Trinajstić information content (AvgIpc) is 2.82. The SMILES string of the molecule is C=C(N1CC(CF)C(C(C)(C)C)C1)C1(C)CC1. The molecule has 0 N–H and O–H groups in total. The first-order valence-corrected chi connectivity index (χ1v) is 6.78. The second kappa shape index (κ2) is 4.00. The lowest BCUT2D eigenvalue weighted by Gasteiger charge is -2.31. The molecule has 0 radical (unpaired) electrons. The lowest BCUT2D eigenvalue weighted by molar-refractivity contribution is 0.175. The monoisotopic (exact) mass is 239 g/mol. The van der Waals surface area contributed by atoms with Crippen molar-refractivity contribution in [1.82, 2.24) is 4.90 Å². The third kappa shape index (κ3) is 2.36. The summed E-state index contributed by atoms with van der Waals surface area (Å²) in [6.07, 6.45) is 2.51. The molecule has 17 heavy (non-hydrogen) atoms. The average molecular weight is 239 g/mol. The van der Waals surface area contributed by atoms with Gasteiger partial charge in [0.15, 0.2) is 0 Å². The fourth-order valence-corrected chi connectivity index (χ4v) is 3.09. The summed E-state index contributed by atoms with van der Waals surface area (Å²) in [6, 6.07) is 0. The highest BCUT2D eigenvalue weighted by Gasteiger charge is 2.47. The topological polar surface area (TPSA) is 3.24 Å². The van der Waals surface area contributed by atoms with E-state index >= 15 is 0 Å². The van der Waals surface area contributed by atoms with Crippen LogP contribution in [-0.2, 0) is 0 Å². The third-order valence-corrected chi connectivity index (χ3v) is 4.83. The van der Waals surface area contributed by atoms with Crippen molar-refractivity contribution >= 4 is 0 Å². The summed E-state index contributed by atoms with van der Waals surface area (Å²) in [5.74, 6) is 0.640. The Hall–Kier alpha value is -0.530. The minimum Gasteiger partial charge on any atom is -0.374 e. The number of hydrogen-bond donors (Lipinski definition) is 0. The van der Waals surface area contributed by atoms with E-state index in [9.17, 15) is 4.39 Å². The summed E-state index contributed by atoms with van der Waals surface area (Å²) >= 11 is 0. The maximum atomic E-state index is 13.2. The first-order chi connectivity index (χ1) is 7.78. The fraction of sp³-hybridized carbons (Fsp3) is 0.867. The van der Waals surface area contributed by atoms with Crippen molar-refractivity contribution in [1.29, 1.82) is 0 Å². The van der Waals surface area contributed by atoms with E-state index in [1.54, 1.807) is 0 Å². The van der Waals surface area contributed by atoms with Crippen LogP contribution in [0.15, 0.2) is 12.3 Å². The molecular formula is C15H26FN. The smallest absolute Gasteiger partial charge is 0.0943 e. The summed E-state index contributed by atoms with van der Waals surface area (Å²) in [5.41, 5.74) is 1.77. The summed E-state index contributed by atoms with van der Waals surface area (Å²) in [5, 5.41) is 0. The van der Waals surface area contributed by atoms with E-state index in [-0.39, 0.29) is 18.0 Å². The molecule has 2 aliphatic rings. The zero-order valence-corrected chi connectivity index (χ0v) is 11.7. The number of allylic oxidation sites excluding steroid dienone is 1. The summed E-state index contributed by atoms with van der Waals surface area (Å²) in [4.78, 5) is 2.35. The molecule has 2 unspecified atom stereocenters. The fourth-order valence-electron chi connectivity index (χ4n) is 3.09. The van der Waals surface area contributed by atoms with Gasteiger partial charge in [0.1, 0.15) is 0 Å². The van der Waals surface area contributed by atoms with Gasteiger partial charge in [-0.1, -0.05) is 34.3 Å². The zero-order chi connectivity index (χ0) is 12.8. The predicted octanol–water partition coefficient (Wildman–Crippen LogP) is 3.86. The predicted molar refractivity (Wildman–Crippen MR) is 70.5 cm³/mol. The Morgan fingerprint density at radius 2 is 1.94 bits per heavy atom. The molecule has 0 amide bonds.